The van der Waals surface area contributed by atoms with Crippen LogP contribution in [0, 0.1) is 0 Å². The first-order valence-electron chi connectivity index (χ1n) is 9.78. The quantitative estimate of drug-likeness (QED) is 0.733. The van der Waals surface area contributed by atoms with Crippen molar-refractivity contribution in [3.8, 4) is 5.75 Å². The first kappa shape index (κ1) is 22.4. The van der Waals surface area contributed by atoms with Crippen molar-refractivity contribution in [1.29, 1.82) is 0 Å². The lowest BCUT2D eigenvalue weighted by molar-refractivity contribution is -0.126. The maximum Gasteiger partial charge on any atom is 0.255 e. The highest BCUT2D eigenvalue weighted by Gasteiger charge is 2.28. The van der Waals surface area contributed by atoms with Crippen molar-refractivity contribution in [1.82, 2.24) is 15.1 Å². The van der Waals surface area contributed by atoms with Gasteiger partial charge in [-0.2, -0.15) is 0 Å². The zero-order chi connectivity index (χ0) is 21.7. The van der Waals surface area contributed by atoms with Crippen LogP contribution in [0.3, 0.4) is 0 Å². The number of rotatable bonds is 6. The van der Waals surface area contributed by atoms with Gasteiger partial charge in [-0.05, 0) is 42.8 Å². The maximum atomic E-state index is 12.7. The molecule has 1 fully saturated rings. The number of hydrogen-bond acceptors (Lipinski definition) is 4. The lowest BCUT2D eigenvalue weighted by atomic mass is 10.1. The smallest absolute Gasteiger partial charge is 0.255 e. The summed E-state index contributed by atoms with van der Waals surface area (Å²) in [5.74, 6) is 0.598. The van der Waals surface area contributed by atoms with Crippen LogP contribution < -0.4 is 10.1 Å². The molecule has 6 nitrogen and oxygen atoms in total. The first-order chi connectivity index (χ1) is 14.4. The molecule has 0 saturated carbocycles. The van der Waals surface area contributed by atoms with E-state index in [0.717, 1.165) is 11.3 Å². The van der Waals surface area contributed by atoms with Gasteiger partial charge in [-0.15, -0.1) is 0 Å². The molecule has 2 amide bonds. The van der Waals surface area contributed by atoms with Crippen molar-refractivity contribution in [2.75, 3.05) is 33.3 Å². The molecule has 1 aliphatic heterocycles. The molecule has 160 valence electrons. The van der Waals surface area contributed by atoms with Gasteiger partial charge >= 0.3 is 0 Å². The van der Waals surface area contributed by atoms with Gasteiger partial charge in [0.05, 0.1) is 23.7 Å². The van der Waals surface area contributed by atoms with E-state index >= 15 is 0 Å². The third-order valence-electron chi connectivity index (χ3n) is 5.29. The van der Waals surface area contributed by atoms with Gasteiger partial charge in [0.15, 0.2) is 0 Å². The third kappa shape index (κ3) is 5.45. The standard InChI is InChI=1S/C22H25Cl2N3O3/c1-15(21(28)25-14-16-4-3-5-18(12-16)30-2)26-8-10-27(11-9-26)22(29)19-7-6-17(23)13-20(19)24/h3-7,12-13,15H,8-11,14H2,1-2H3,(H,25,28). The van der Waals surface area contributed by atoms with E-state index in [2.05, 4.69) is 10.2 Å². The molecule has 1 N–H and O–H groups in total. The van der Waals surface area contributed by atoms with Gasteiger partial charge in [-0.3, -0.25) is 14.5 Å². The predicted molar refractivity (Wildman–Crippen MR) is 118 cm³/mol. The van der Waals surface area contributed by atoms with Gasteiger partial charge < -0.3 is 15.0 Å². The number of nitrogens with one attached hydrogen (secondary N) is 1. The molecule has 1 saturated heterocycles. The number of halogens is 2. The van der Waals surface area contributed by atoms with E-state index in [0.29, 0.717) is 48.3 Å². The minimum absolute atomic E-state index is 0.0432. The Labute approximate surface area is 186 Å². The molecule has 2 aromatic rings. The predicted octanol–water partition coefficient (Wildman–Crippen LogP) is 3.46. The molecule has 0 aliphatic carbocycles. The van der Waals surface area contributed by atoms with Crippen LogP contribution in [0.15, 0.2) is 42.5 Å². The fourth-order valence-electron chi connectivity index (χ4n) is 3.43. The molecular formula is C22H25Cl2N3O3. The monoisotopic (exact) mass is 449 g/mol. The Hall–Kier alpha value is -2.28. The zero-order valence-electron chi connectivity index (χ0n) is 17.0. The summed E-state index contributed by atoms with van der Waals surface area (Å²) in [4.78, 5) is 29.2. The molecule has 2 aromatic carbocycles. The molecule has 0 bridgehead atoms. The Kier molecular flexibility index (Phi) is 7.58. The van der Waals surface area contributed by atoms with E-state index in [1.54, 1.807) is 30.2 Å². The fraction of sp³-hybridized carbons (Fsp3) is 0.364. The van der Waals surface area contributed by atoms with Crippen molar-refractivity contribution in [2.24, 2.45) is 0 Å². The van der Waals surface area contributed by atoms with Gasteiger partial charge in [-0.25, -0.2) is 0 Å². The van der Waals surface area contributed by atoms with Gasteiger partial charge in [0.25, 0.3) is 5.91 Å². The Bertz CT molecular complexity index is 914. The number of piperazine rings is 1. The summed E-state index contributed by atoms with van der Waals surface area (Å²) in [6, 6.07) is 12.2. The number of amides is 2. The van der Waals surface area contributed by atoms with Crippen molar-refractivity contribution in [3.63, 3.8) is 0 Å². The summed E-state index contributed by atoms with van der Waals surface area (Å²) in [5, 5.41) is 3.82. The van der Waals surface area contributed by atoms with Crippen molar-refractivity contribution in [3.05, 3.63) is 63.6 Å². The molecule has 8 heteroatoms. The Balaban J connectivity index is 1.51. The van der Waals surface area contributed by atoms with Crippen LogP contribution in [0.4, 0.5) is 0 Å². The van der Waals surface area contributed by atoms with E-state index in [-0.39, 0.29) is 17.9 Å². The molecule has 30 heavy (non-hydrogen) atoms. The minimum Gasteiger partial charge on any atom is -0.497 e. The second-order valence-corrected chi connectivity index (χ2v) is 8.04. The number of hydrogen-bond donors (Lipinski definition) is 1. The third-order valence-corrected chi connectivity index (χ3v) is 5.84. The van der Waals surface area contributed by atoms with E-state index in [1.165, 1.54) is 0 Å². The summed E-state index contributed by atoms with van der Waals surface area (Å²) in [6.07, 6.45) is 0. The van der Waals surface area contributed by atoms with E-state index < -0.39 is 0 Å². The molecule has 0 radical (unpaired) electrons. The van der Waals surface area contributed by atoms with Crippen LogP contribution in [-0.2, 0) is 11.3 Å². The number of carbonyl (C=O) groups is 2. The van der Waals surface area contributed by atoms with E-state index in [9.17, 15) is 9.59 Å². The number of nitrogens with zero attached hydrogens (tertiary/aromatic N) is 2. The minimum atomic E-state index is -0.285. The van der Waals surface area contributed by atoms with E-state index in [4.69, 9.17) is 27.9 Å². The average Bonchev–Trinajstić information content (AvgIpc) is 2.76. The normalized spacial score (nSPS) is 15.5. The average molecular weight is 450 g/mol. The molecular weight excluding hydrogens is 425 g/mol. The van der Waals surface area contributed by atoms with Gasteiger partial charge in [0.1, 0.15) is 5.75 Å². The van der Waals surface area contributed by atoms with Crippen LogP contribution >= 0.6 is 23.2 Å². The summed E-state index contributed by atoms with van der Waals surface area (Å²) >= 11 is 12.1. The summed E-state index contributed by atoms with van der Waals surface area (Å²) < 4.78 is 5.21. The lowest BCUT2D eigenvalue weighted by Crippen LogP contribution is -2.54. The Morgan fingerprint density at radius 2 is 1.83 bits per heavy atom. The number of methoxy groups -OCH3 is 1. The molecule has 1 heterocycles. The summed E-state index contributed by atoms with van der Waals surface area (Å²) in [5.41, 5.74) is 1.42. The topological polar surface area (TPSA) is 61.9 Å². The van der Waals surface area contributed by atoms with Crippen molar-refractivity contribution >= 4 is 35.0 Å². The fourth-order valence-corrected chi connectivity index (χ4v) is 3.92. The van der Waals surface area contributed by atoms with Crippen LogP contribution in [0.1, 0.15) is 22.8 Å². The van der Waals surface area contributed by atoms with Crippen LogP contribution in [0.25, 0.3) is 0 Å². The maximum absolute atomic E-state index is 12.7. The number of carbonyl (C=O) groups excluding carboxylic acids is 2. The summed E-state index contributed by atoms with van der Waals surface area (Å²) in [7, 11) is 1.62. The van der Waals surface area contributed by atoms with E-state index in [1.807, 2.05) is 31.2 Å². The number of ether oxygens (including phenoxy) is 1. The van der Waals surface area contributed by atoms with Gasteiger partial charge in [-0.1, -0.05) is 35.3 Å². The highest BCUT2D eigenvalue weighted by atomic mass is 35.5. The number of benzene rings is 2. The SMILES string of the molecule is COc1cccc(CNC(=O)C(C)N2CCN(C(=O)c3ccc(Cl)cc3Cl)CC2)c1. The second-order valence-electron chi connectivity index (χ2n) is 7.20. The summed E-state index contributed by atoms with van der Waals surface area (Å²) in [6.45, 7) is 4.62. The first-order valence-corrected chi connectivity index (χ1v) is 10.5. The molecule has 0 spiro atoms. The molecule has 0 aromatic heterocycles. The highest BCUT2D eigenvalue weighted by Crippen LogP contribution is 2.23. The van der Waals surface area contributed by atoms with Crippen LogP contribution in [0.5, 0.6) is 5.75 Å². The lowest BCUT2D eigenvalue weighted by Gasteiger charge is -2.37. The van der Waals surface area contributed by atoms with Gasteiger partial charge in [0, 0.05) is 37.7 Å². The zero-order valence-corrected chi connectivity index (χ0v) is 18.5. The Morgan fingerprint density at radius 1 is 1.10 bits per heavy atom. The van der Waals surface area contributed by atoms with Crippen molar-refractivity contribution in [2.45, 2.75) is 19.5 Å². The largest absolute Gasteiger partial charge is 0.497 e. The highest BCUT2D eigenvalue weighted by molar-refractivity contribution is 6.36. The van der Waals surface area contributed by atoms with Crippen molar-refractivity contribution < 1.29 is 14.3 Å². The van der Waals surface area contributed by atoms with Crippen LogP contribution in [0.2, 0.25) is 10.0 Å². The van der Waals surface area contributed by atoms with Gasteiger partial charge in [0.2, 0.25) is 5.91 Å². The molecule has 1 unspecified atom stereocenters. The van der Waals surface area contributed by atoms with Crippen LogP contribution in [-0.4, -0.2) is 60.9 Å². The molecule has 1 aliphatic rings. The second kappa shape index (κ2) is 10.2. The molecule has 1 atom stereocenters. The molecule has 3 rings (SSSR count). The Morgan fingerprint density at radius 3 is 2.50 bits per heavy atom.